The molecule has 1 aliphatic heterocycles. The van der Waals surface area contributed by atoms with Crippen LogP contribution < -0.4 is 10.6 Å². The first-order chi connectivity index (χ1) is 9.15. The van der Waals surface area contributed by atoms with Crippen LogP contribution in [0.25, 0.3) is 0 Å². The fourth-order valence-corrected chi connectivity index (χ4v) is 2.26. The Kier molecular flexibility index (Phi) is 2.59. The van der Waals surface area contributed by atoms with Crippen LogP contribution in [0, 0.1) is 0 Å². The first-order valence-electron chi connectivity index (χ1n) is 5.89. The van der Waals surface area contributed by atoms with Gasteiger partial charge in [-0.25, -0.2) is 4.79 Å². The van der Waals surface area contributed by atoms with Gasteiger partial charge in [-0.1, -0.05) is 0 Å². The van der Waals surface area contributed by atoms with Crippen molar-refractivity contribution in [1.29, 1.82) is 0 Å². The summed E-state index contributed by atoms with van der Waals surface area (Å²) in [4.78, 5) is 13.2. The van der Waals surface area contributed by atoms with Crippen LogP contribution >= 0.6 is 0 Å². The maximum atomic E-state index is 11.3. The number of aromatic nitrogens is 3. The largest absolute Gasteiger partial charge is 0.478 e. The Hall–Kier alpha value is -2.57. The lowest BCUT2D eigenvalue weighted by atomic mass is 10.1. The normalized spacial score (nSPS) is 14.2. The van der Waals surface area contributed by atoms with Crippen LogP contribution in [0.3, 0.4) is 0 Å². The number of hydrogen-bond acceptors (Lipinski definition) is 5. The van der Waals surface area contributed by atoms with Crippen molar-refractivity contribution in [2.45, 2.75) is 13.1 Å². The first kappa shape index (κ1) is 11.5. The SMILES string of the molecule is Nc1ccc(C(=O)O)c(N2CCn3cnnc3C2)c1. The number of anilines is 2. The molecule has 0 atom stereocenters. The molecule has 0 spiro atoms. The maximum absolute atomic E-state index is 11.3. The number of rotatable bonds is 2. The predicted octanol–water partition coefficient (Wildman–Crippen LogP) is 0.579. The van der Waals surface area contributed by atoms with E-state index in [4.69, 9.17) is 5.73 Å². The molecular formula is C12H13N5O2. The van der Waals surface area contributed by atoms with Crippen molar-refractivity contribution in [2.24, 2.45) is 0 Å². The summed E-state index contributed by atoms with van der Waals surface area (Å²) < 4.78 is 1.96. The predicted molar refractivity (Wildman–Crippen MR) is 68.9 cm³/mol. The second-order valence-corrected chi connectivity index (χ2v) is 4.44. The zero-order valence-corrected chi connectivity index (χ0v) is 10.2. The second kappa shape index (κ2) is 4.27. The summed E-state index contributed by atoms with van der Waals surface area (Å²) >= 11 is 0. The lowest BCUT2D eigenvalue weighted by molar-refractivity contribution is 0.0697. The van der Waals surface area contributed by atoms with Gasteiger partial charge in [0.1, 0.15) is 6.33 Å². The van der Waals surface area contributed by atoms with Gasteiger partial charge in [0.2, 0.25) is 0 Å². The molecule has 98 valence electrons. The molecule has 0 saturated carbocycles. The van der Waals surface area contributed by atoms with Gasteiger partial charge < -0.3 is 20.3 Å². The molecule has 0 aliphatic carbocycles. The molecule has 7 heteroatoms. The van der Waals surface area contributed by atoms with Gasteiger partial charge in [-0.05, 0) is 18.2 Å². The molecule has 2 aromatic rings. The Balaban J connectivity index is 1.99. The van der Waals surface area contributed by atoms with Crippen LogP contribution in [0.15, 0.2) is 24.5 Å². The minimum absolute atomic E-state index is 0.252. The average Bonchev–Trinajstić information content (AvgIpc) is 2.85. The molecule has 2 heterocycles. The number of fused-ring (bicyclic) bond motifs is 1. The van der Waals surface area contributed by atoms with Crippen molar-refractivity contribution in [1.82, 2.24) is 14.8 Å². The summed E-state index contributed by atoms with van der Waals surface area (Å²) in [6.07, 6.45) is 1.68. The monoisotopic (exact) mass is 259 g/mol. The van der Waals surface area contributed by atoms with E-state index in [1.54, 1.807) is 18.5 Å². The minimum atomic E-state index is -0.956. The quantitative estimate of drug-likeness (QED) is 0.766. The Morgan fingerprint density at radius 2 is 2.21 bits per heavy atom. The number of nitrogens with zero attached hydrogens (tertiary/aromatic N) is 4. The molecule has 1 aliphatic rings. The molecule has 0 radical (unpaired) electrons. The Bertz CT molecular complexity index is 637. The fourth-order valence-electron chi connectivity index (χ4n) is 2.26. The molecule has 3 rings (SSSR count). The smallest absolute Gasteiger partial charge is 0.337 e. The highest BCUT2D eigenvalue weighted by Crippen LogP contribution is 2.26. The van der Waals surface area contributed by atoms with Crippen molar-refractivity contribution in [3.63, 3.8) is 0 Å². The summed E-state index contributed by atoms with van der Waals surface area (Å²) in [5.74, 6) is -0.132. The molecule has 0 fully saturated rings. The van der Waals surface area contributed by atoms with Gasteiger partial charge in [-0.15, -0.1) is 10.2 Å². The van der Waals surface area contributed by atoms with Crippen LogP contribution in [0.5, 0.6) is 0 Å². The molecule has 19 heavy (non-hydrogen) atoms. The van der Waals surface area contributed by atoms with Crippen molar-refractivity contribution in [3.8, 4) is 0 Å². The standard InChI is InChI=1S/C12H13N5O2/c13-8-1-2-9(12(18)19)10(5-8)16-3-4-17-7-14-15-11(17)6-16/h1-2,5,7H,3-4,6,13H2,(H,18,19). The summed E-state index contributed by atoms with van der Waals surface area (Å²) in [5.41, 5.74) is 7.18. The van der Waals surface area contributed by atoms with E-state index < -0.39 is 5.97 Å². The van der Waals surface area contributed by atoms with E-state index in [1.807, 2.05) is 9.47 Å². The average molecular weight is 259 g/mol. The van der Waals surface area contributed by atoms with Gasteiger partial charge in [-0.2, -0.15) is 0 Å². The van der Waals surface area contributed by atoms with E-state index in [2.05, 4.69) is 10.2 Å². The van der Waals surface area contributed by atoms with Crippen LogP contribution in [0.2, 0.25) is 0 Å². The molecule has 0 saturated heterocycles. The summed E-state index contributed by atoms with van der Waals surface area (Å²) in [6.45, 7) is 1.97. The van der Waals surface area contributed by atoms with E-state index in [0.29, 0.717) is 24.5 Å². The van der Waals surface area contributed by atoms with Crippen molar-refractivity contribution >= 4 is 17.3 Å². The van der Waals surface area contributed by atoms with Crippen molar-refractivity contribution in [2.75, 3.05) is 17.2 Å². The second-order valence-electron chi connectivity index (χ2n) is 4.44. The Morgan fingerprint density at radius 3 is 3.00 bits per heavy atom. The summed E-state index contributed by atoms with van der Waals surface area (Å²) in [7, 11) is 0. The van der Waals surface area contributed by atoms with E-state index in [1.165, 1.54) is 6.07 Å². The van der Waals surface area contributed by atoms with Crippen LogP contribution in [0.1, 0.15) is 16.2 Å². The van der Waals surface area contributed by atoms with Crippen LogP contribution in [0.4, 0.5) is 11.4 Å². The molecule has 0 amide bonds. The third kappa shape index (κ3) is 1.99. The van der Waals surface area contributed by atoms with Crippen LogP contribution in [-0.2, 0) is 13.1 Å². The number of nitrogen functional groups attached to an aromatic ring is 1. The number of carboxylic acid groups (broad SMARTS) is 1. The van der Waals surface area contributed by atoms with Gasteiger partial charge >= 0.3 is 5.97 Å². The third-order valence-electron chi connectivity index (χ3n) is 3.23. The van der Waals surface area contributed by atoms with Crippen LogP contribution in [-0.4, -0.2) is 32.4 Å². The van der Waals surface area contributed by atoms with Crippen molar-refractivity contribution < 1.29 is 9.90 Å². The molecule has 1 aromatic heterocycles. The number of benzene rings is 1. The third-order valence-corrected chi connectivity index (χ3v) is 3.23. The zero-order valence-electron chi connectivity index (χ0n) is 10.2. The molecule has 1 aromatic carbocycles. The molecule has 7 nitrogen and oxygen atoms in total. The van der Waals surface area contributed by atoms with Gasteiger partial charge in [0, 0.05) is 18.8 Å². The number of carboxylic acids is 1. The first-order valence-corrected chi connectivity index (χ1v) is 5.89. The van der Waals surface area contributed by atoms with E-state index in [9.17, 15) is 9.90 Å². The zero-order chi connectivity index (χ0) is 13.4. The van der Waals surface area contributed by atoms with Gasteiger partial charge in [0.15, 0.2) is 5.82 Å². The molecule has 0 unspecified atom stereocenters. The fraction of sp³-hybridized carbons (Fsp3) is 0.250. The lowest BCUT2D eigenvalue weighted by Gasteiger charge is -2.30. The highest BCUT2D eigenvalue weighted by molar-refractivity contribution is 5.95. The Morgan fingerprint density at radius 1 is 1.37 bits per heavy atom. The lowest BCUT2D eigenvalue weighted by Crippen LogP contribution is -2.34. The highest BCUT2D eigenvalue weighted by Gasteiger charge is 2.22. The van der Waals surface area contributed by atoms with Gasteiger partial charge in [-0.3, -0.25) is 0 Å². The number of nitrogens with two attached hydrogens (primary N) is 1. The molecule has 0 bridgehead atoms. The molecular weight excluding hydrogens is 246 g/mol. The number of aromatic carboxylic acids is 1. The topological polar surface area (TPSA) is 97.3 Å². The highest BCUT2D eigenvalue weighted by atomic mass is 16.4. The van der Waals surface area contributed by atoms with Crippen molar-refractivity contribution in [3.05, 3.63) is 35.9 Å². The van der Waals surface area contributed by atoms with E-state index in [-0.39, 0.29) is 5.56 Å². The van der Waals surface area contributed by atoms with E-state index >= 15 is 0 Å². The van der Waals surface area contributed by atoms with Gasteiger partial charge in [0.25, 0.3) is 0 Å². The number of carbonyl (C=O) groups is 1. The van der Waals surface area contributed by atoms with E-state index in [0.717, 1.165) is 12.4 Å². The molecule has 3 N–H and O–H groups in total. The Labute approximate surface area is 109 Å². The minimum Gasteiger partial charge on any atom is -0.478 e. The summed E-state index contributed by atoms with van der Waals surface area (Å²) in [6, 6.07) is 4.82. The summed E-state index contributed by atoms with van der Waals surface area (Å²) in [5, 5.41) is 17.1. The number of hydrogen-bond donors (Lipinski definition) is 2. The maximum Gasteiger partial charge on any atom is 0.337 e. The van der Waals surface area contributed by atoms with Gasteiger partial charge in [0.05, 0.1) is 17.8 Å².